The highest BCUT2D eigenvalue weighted by atomic mass is 15.3. The van der Waals surface area contributed by atoms with Crippen LogP contribution in [0.1, 0.15) is 6.42 Å². The summed E-state index contributed by atoms with van der Waals surface area (Å²) in [5.74, 6) is 1.01. The van der Waals surface area contributed by atoms with Gasteiger partial charge in [0.15, 0.2) is 5.96 Å². The number of hydrogen-bond donors (Lipinski definition) is 2. The first-order chi connectivity index (χ1) is 5.34. The standard InChI is InChI=1S/C7H16N4/c1-11(6-2-3-8)7-9-4-5-10-7/h2-6,8H2,1H3,(H,9,10). The average molecular weight is 156 g/mol. The molecule has 11 heavy (non-hydrogen) atoms. The second kappa shape index (κ2) is 4.18. The fraction of sp³-hybridized carbons (Fsp3) is 0.857. The SMILES string of the molecule is CN(CCCN)C1=NCCN1. The Morgan fingerprint density at radius 1 is 1.73 bits per heavy atom. The van der Waals surface area contributed by atoms with E-state index in [4.69, 9.17) is 5.73 Å². The highest BCUT2D eigenvalue weighted by Crippen LogP contribution is 1.92. The minimum absolute atomic E-state index is 0.748. The Labute approximate surface area is 67.5 Å². The molecule has 0 atom stereocenters. The maximum absolute atomic E-state index is 5.39. The molecule has 0 aromatic carbocycles. The summed E-state index contributed by atoms with van der Waals surface area (Å²) in [6.07, 6.45) is 1.02. The van der Waals surface area contributed by atoms with Gasteiger partial charge in [0.05, 0.1) is 6.54 Å². The van der Waals surface area contributed by atoms with E-state index in [1.165, 1.54) is 0 Å². The molecule has 0 radical (unpaired) electrons. The molecule has 0 fully saturated rings. The lowest BCUT2D eigenvalue weighted by atomic mass is 10.4. The lowest BCUT2D eigenvalue weighted by molar-refractivity contribution is 0.480. The summed E-state index contributed by atoms with van der Waals surface area (Å²) in [4.78, 5) is 6.39. The van der Waals surface area contributed by atoms with Crippen LogP contribution in [0.2, 0.25) is 0 Å². The molecule has 0 spiro atoms. The molecule has 4 heteroatoms. The third-order valence-electron chi connectivity index (χ3n) is 1.72. The van der Waals surface area contributed by atoms with Crippen LogP contribution in [0.4, 0.5) is 0 Å². The van der Waals surface area contributed by atoms with E-state index in [9.17, 15) is 0 Å². The number of rotatable bonds is 3. The fourth-order valence-corrected chi connectivity index (χ4v) is 1.08. The van der Waals surface area contributed by atoms with Crippen LogP contribution in [-0.2, 0) is 0 Å². The van der Waals surface area contributed by atoms with Crippen LogP contribution < -0.4 is 11.1 Å². The van der Waals surface area contributed by atoms with Crippen LogP contribution in [0.5, 0.6) is 0 Å². The molecular weight excluding hydrogens is 140 g/mol. The van der Waals surface area contributed by atoms with Crippen molar-refractivity contribution in [3.05, 3.63) is 0 Å². The Kier molecular flexibility index (Phi) is 3.16. The van der Waals surface area contributed by atoms with Crippen molar-refractivity contribution in [1.82, 2.24) is 10.2 Å². The summed E-state index contributed by atoms with van der Waals surface area (Å²) in [6, 6.07) is 0. The summed E-state index contributed by atoms with van der Waals surface area (Å²) in [6.45, 7) is 3.62. The minimum atomic E-state index is 0.748. The monoisotopic (exact) mass is 156 g/mol. The number of nitrogens with zero attached hydrogens (tertiary/aromatic N) is 2. The van der Waals surface area contributed by atoms with E-state index in [1.807, 2.05) is 7.05 Å². The first kappa shape index (κ1) is 8.33. The van der Waals surface area contributed by atoms with Gasteiger partial charge in [-0.05, 0) is 13.0 Å². The van der Waals surface area contributed by atoms with E-state index in [-0.39, 0.29) is 0 Å². The Morgan fingerprint density at radius 2 is 2.55 bits per heavy atom. The number of hydrogen-bond acceptors (Lipinski definition) is 4. The molecule has 1 aliphatic heterocycles. The molecule has 64 valence electrons. The van der Waals surface area contributed by atoms with Crippen molar-refractivity contribution in [2.45, 2.75) is 6.42 Å². The van der Waals surface area contributed by atoms with Crippen molar-refractivity contribution in [3.63, 3.8) is 0 Å². The van der Waals surface area contributed by atoms with Crippen LogP contribution >= 0.6 is 0 Å². The quantitative estimate of drug-likeness (QED) is 0.564. The maximum atomic E-state index is 5.39. The summed E-state index contributed by atoms with van der Waals surface area (Å²) in [5.41, 5.74) is 5.39. The lowest BCUT2D eigenvalue weighted by Crippen LogP contribution is -2.36. The van der Waals surface area contributed by atoms with Gasteiger partial charge in [0.1, 0.15) is 0 Å². The molecule has 0 unspecified atom stereocenters. The molecule has 0 aromatic rings. The van der Waals surface area contributed by atoms with Crippen LogP contribution in [-0.4, -0.2) is 44.1 Å². The fourth-order valence-electron chi connectivity index (χ4n) is 1.08. The molecule has 4 nitrogen and oxygen atoms in total. The highest BCUT2D eigenvalue weighted by molar-refractivity contribution is 5.81. The van der Waals surface area contributed by atoms with E-state index in [0.717, 1.165) is 38.6 Å². The Hall–Kier alpha value is -0.770. The van der Waals surface area contributed by atoms with Crippen molar-refractivity contribution >= 4 is 5.96 Å². The average Bonchev–Trinajstić information content (AvgIpc) is 2.52. The Balaban J connectivity index is 2.23. The molecule has 1 rings (SSSR count). The van der Waals surface area contributed by atoms with E-state index >= 15 is 0 Å². The van der Waals surface area contributed by atoms with Crippen molar-refractivity contribution in [2.24, 2.45) is 10.7 Å². The van der Waals surface area contributed by atoms with Gasteiger partial charge in [-0.1, -0.05) is 0 Å². The van der Waals surface area contributed by atoms with Crippen LogP contribution in [0.15, 0.2) is 4.99 Å². The Morgan fingerprint density at radius 3 is 3.09 bits per heavy atom. The lowest BCUT2D eigenvalue weighted by Gasteiger charge is -2.17. The molecule has 0 bridgehead atoms. The largest absolute Gasteiger partial charge is 0.354 e. The molecule has 0 saturated heterocycles. The zero-order chi connectivity index (χ0) is 8.10. The first-order valence-electron chi connectivity index (χ1n) is 4.04. The number of nitrogens with one attached hydrogen (secondary N) is 1. The summed E-state index contributed by atoms with van der Waals surface area (Å²) in [5, 5.41) is 3.20. The molecule has 0 amide bonds. The van der Waals surface area contributed by atoms with E-state index in [0.29, 0.717) is 0 Å². The normalized spacial score (nSPS) is 16.0. The van der Waals surface area contributed by atoms with E-state index < -0.39 is 0 Å². The molecule has 0 aromatic heterocycles. The van der Waals surface area contributed by atoms with Crippen LogP contribution in [0.25, 0.3) is 0 Å². The molecule has 0 aliphatic carbocycles. The number of aliphatic imine (C=N–C) groups is 1. The van der Waals surface area contributed by atoms with Gasteiger partial charge in [0, 0.05) is 20.1 Å². The third-order valence-corrected chi connectivity index (χ3v) is 1.72. The first-order valence-corrected chi connectivity index (χ1v) is 4.04. The third kappa shape index (κ3) is 2.38. The van der Waals surface area contributed by atoms with Gasteiger partial charge in [-0.3, -0.25) is 4.99 Å². The van der Waals surface area contributed by atoms with E-state index in [2.05, 4.69) is 15.2 Å². The summed E-state index contributed by atoms with van der Waals surface area (Å²) >= 11 is 0. The topological polar surface area (TPSA) is 53.6 Å². The van der Waals surface area contributed by atoms with Crippen molar-refractivity contribution < 1.29 is 0 Å². The molecule has 1 aliphatic rings. The van der Waals surface area contributed by atoms with Gasteiger partial charge < -0.3 is 16.0 Å². The van der Waals surface area contributed by atoms with Gasteiger partial charge in [-0.25, -0.2) is 0 Å². The summed E-state index contributed by atoms with van der Waals surface area (Å²) < 4.78 is 0. The van der Waals surface area contributed by atoms with Crippen molar-refractivity contribution in [3.8, 4) is 0 Å². The highest BCUT2D eigenvalue weighted by Gasteiger charge is 2.08. The van der Waals surface area contributed by atoms with Gasteiger partial charge in [-0.15, -0.1) is 0 Å². The molecule has 3 N–H and O–H groups in total. The van der Waals surface area contributed by atoms with Gasteiger partial charge in [0.2, 0.25) is 0 Å². The van der Waals surface area contributed by atoms with E-state index in [1.54, 1.807) is 0 Å². The van der Waals surface area contributed by atoms with Gasteiger partial charge in [-0.2, -0.15) is 0 Å². The zero-order valence-electron chi connectivity index (χ0n) is 7.01. The smallest absolute Gasteiger partial charge is 0.193 e. The van der Waals surface area contributed by atoms with Gasteiger partial charge in [0.25, 0.3) is 0 Å². The zero-order valence-corrected chi connectivity index (χ0v) is 7.01. The van der Waals surface area contributed by atoms with Crippen LogP contribution in [0.3, 0.4) is 0 Å². The number of guanidine groups is 1. The molecule has 1 heterocycles. The van der Waals surface area contributed by atoms with Crippen molar-refractivity contribution in [2.75, 3.05) is 33.2 Å². The minimum Gasteiger partial charge on any atom is -0.354 e. The predicted molar refractivity (Wildman–Crippen MR) is 46.6 cm³/mol. The molecular formula is C7H16N4. The van der Waals surface area contributed by atoms with Gasteiger partial charge >= 0.3 is 0 Å². The second-order valence-corrected chi connectivity index (χ2v) is 2.70. The number of nitrogens with two attached hydrogens (primary N) is 1. The second-order valence-electron chi connectivity index (χ2n) is 2.70. The Bertz CT molecular complexity index is 143. The van der Waals surface area contributed by atoms with Crippen LogP contribution in [0, 0.1) is 0 Å². The predicted octanol–water partition coefficient (Wildman–Crippen LogP) is -0.774. The van der Waals surface area contributed by atoms with Crippen molar-refractivity contribution in [1.29, 1.82) is 0 Å². The maximum Gasteiger partial charge on any atom is 0.193 e. The summed E-state index contributed by atoms with van der Waals surface area (Å²) in [7, 11) is 2.03. The molecule has 0 saturated carbocycles.